The van der Waals surface area contributed by atoms with E-state index in [0.717, 1.165) is 5.69 Å². The van der Waals surface area contributed by atoms with Crippen molar-refractivity contribution in [3.05, 3.63) is 33.7 Å². The number of aliphatic hydroxyl groups is 1. The number of pyridine rings is 1. The van der Waals surface area contributed by atoms with Gasteiger partial charge in [0.2, 0.25) is 0 Å². The molecule has 4 nitrogen and oxygen atoms in total. The summed E-state index contributed by atoms with van der Waals surface area (Å²) >= 11 is 0. The molecule has 0 radical (unpaired) electrons. The Morgan fingerprint density at radius 2 is 2.42 bits per heavy atom. The van der Waals surface area contributed by atoms with Crippen LogP contribution in [0.5, 0.6) is 0 Å². The van der Waals surface area contributed by atoms with Crippen molar-refractivity contribution in [2.45, 2.75) is 13.0 Å². The molecular weight excluding hydrogens is 156 g/mol. The summed E-state index contributed by atoms with van der Waals surface area (Å²) in [7, 11) is 0. The second kappa shape index (κ2) is 3.51. The molecule has 4 heteroatoms. The minimum Gasteiger partial charge on any atom is -0.394 e. The van der Waals surface area contributed by atoms with Crippen LogP contribution in [0.15, 0.2) is 17.1 Å². The van der Waals surface area contributed by atoms with Crippen LogP contribution in [0, 0.1) is 6.92 Å². The molecule has 0 saturated carbocycles. The molecule has 1 rings (SSSR count). The zero-order valence-corrected chi connectivity index (χ0v) is 6.87. The van der Waals surface area contributed by atoms with Crippen molar-refractivity contribution in [1.82, 2.24) is 4.98 Å². The summed E-state index contributed by atoms with van der Waals surface area (Å²) < 4.78 is 0. The van der Waals surface area contributed by atoms with Crippen LogP contribution in [0.4, 0.5) is 0 Å². The predicted molar refractivity (Wildman–Crippen MR) is 45.8 cm³/mol. The SMILES string of the molecule is Cc1cc(=O)c([C@H](N)CO)c[nH]1. The lowest BCUT2D eigenvalue weighted by atomic mass is 10.1. The molecular formula is C8H12N2O2. The average molecular weight is 168 g/mol. The Hall–Kier alpha value is -1.13. The van der Waals surface area contributed by atoms with Crippen molar-refractivity contribution in [2.75, 3.05) is 6.61 Å². The number of hydrogen-bond donors (Lipinski definition) is 3. The monoisotopic (exact) mass is 168 g/mol. The molecule has 1 atom stereocenters. The summed E-state index contributed by atoms with van der Waals surface area (Å²) in [5.74, 6) is 0. The first-order valence-electron chi connectivity index (χ1n) is 3.71. The smallest absolute Gasteiger partial charge is 0.186 e. The Morgan fingerprint density at radius 1 is 1.75 bits per heavy atom. The van der Waals surface area contributed by atoms with Gasteiger partial charge in [-0.3, -0.25) is 4.79 Å². The lowest BCUT2D eigenvalue weighted by molar-refractivity contribution is 0.267. The van der Waals surface area contributed by atoms with Crippen molar-refractivity contribution in [2.24, 2.45) is 5.73 Å². The van der Waals surface area contributed by atoms with Gasteiger partial charge in [-0.05, 0) is 6.92 Å². The first-order chi connectivity index (χ1) is 5.65. The Labute approximate surface area is 70.0 Å². The highest BCUT2D eigenvalue weighted by atomic mass is 16.3. The van der Waals surface area contributed by atoms with Crippen molar-refractivity contribution >= 4 is 0 Å². The van der Waals surface area contributed by atoms with Crippen molar-refractivity contribution in [3.63, 3.8) is 0 Å². The van der Waals surface area contributed by atoms with Crippen LogP contribution < -0.4 is 11.2 Å². The highest BCUT2D eigenvalue weighted by Gasteiger charge is 2.07. The number of aromatic nitrogens is 1. The van der Waals surface area contributed by atoms with E-state index in [1.165, 1.54) is 6.07 Å². The van der Waals surface area contributed by atoms with E-state index in [0.29, 0.717) is 5.56 Å². The van der Waals surface area contributed by atoms with Gasteiger partial charge in [0.05, 0.1) is 12.6 Å². The third-order valence-corrected chi connectivity index (χ3v) is 1.68. The molecule has 0 aliphatic carbocycles. The topological polar surface area (TPSA) is 79.1 Å². The molecule has 0 amide bonds. The molecule has 12 heavy (non-hydrogen) atoms. The summed E-state index contributed by atoms with van der Waals surface area (Å²) in [5.41, 5.74) is 6.55. The van der Waals surface area contributed by atoms with E-state index in [4.69, 9.17) is 10.8 Å². The van der Waals surface area contributed by atoms with Gasteiger partial charge >= 0.3 is 0 Å². The minimum absolute atomic E-state index is 0.132. The third-order valence-electron chi connectivity index (χ3n) is 1.68. The molecule has 0 aliphatic heterocycles. The fourth-order valence-corrected chi connectivity index (χ4v) is 0.972. The predicted octanol–water partition coefficient (Wildman–Crippen LogP) is -0.325. The number of nitrogens with two attached hydrogens (primary N) is 1. The quantitative estimate of drug-likeness (QED) is 0.566. The zero-order chi connectivity index (χ0) is 9.14. The number of aromatic amines is 1. The maximum Gasteiger partial charge on any atom is 0.186 e. The number of H-pyrrole nitrogens is 1. The van der Waals surface area contributed by atoms with E-state index < -0.39 is 6.04 Å². The van der Waals surface area contributed by atoms with Gasteiger partial charge in [-0.2, -0.15) is 0 Å². The Bertz CT molecular complexity index is 319. The summed E-state index contributed by atoms with van der Waals surface area (Å²) in [5, 5.41) is 8.70. The fraction of sp³-hybridized carbons (Fsp3) is 0.375. The van der Waals surface area contributed by atoms with Gasteiger partial charge in [-0.25, -0.2) is 0 Å². The van der Waals surface area contributed by atoms with Crippen LogP contribution in [0.2, 0.25) is 0 Å². The van der Waals surface area contributed by atoms with Crippen molar-refractivity contribution < 1.29 is 5.11 Å². The van der Waals surface area contributed by atoms with Crippen molar-refractivity contribution in [1.29, 1.82) is 0 Å². The van der Waals surface area contributed by atoms with E-state index >= 15 is 0 Å². The minimum atomic E-state index is -0.589. The lowest BCUT2D eigenvalue weighted by Gasteiger charge is -2.06. The molecule has 1 heterocycles. The second-order valence-corrected chi connectivity index (χ2v) is 2.72. The second-order valence-electron chi connectivity index (χ2n) is 2.72. The Kier molecular flexibility index (Phi) is 2.62. The van der Waals surface area contributed by atoms with Gasteiger partial charge in [0.15, 0.2) is 5.43 Å². The molecule has 4 N–H and O–H groups in total. The molecule has 66 valence electrons. The maximum atomic E-state index is 11.2. The van der Waals surface area contributed by atoms with Gasteiger partial charge in [0, 0.05) is 23.5 Å². The summed E-state index contributed by atoms with van der Waals surface area (Å²) in [6.45, 7) is 1.57. The van der Waals surface area contributed by atoms with Gasteiger partial charge in [-0.15, -0.1) is 0 Å². The van der Waals surface area contributed by atoms with E-state index in [-0.39, 0.29) is 12.0 Å². The molecule has 0 bridgehead atoms. The molecule has 0 spiro atoms. The largest absolute Gasteiger partial charge is 0.394 e. The van der Waals surface area contributed by atoms with Gasteiger partial charge in [0.1, 0.15) is 0 Å². The van der Waals surface area contributed by atoms with Crippen LogP contribution in [-0.4, -0.2) is 16.7 Å². The number of nitrogens with one attached hydrogen (secondary N) is 1. The van der Waals surface area contributed by atoms with Crippen LogP contribution in [-0.2, 0) is 0 Å². The molecule has 0 aromatic carbocycles. The third kappa shape index (κ3) is 1.72. The van der Waals surface area contributed by atoms with E-state index in [1.807, 2.05) is 0 Å². The number of aryl methyl sites for hydroxylation is 1. The number of hydrogen-bond acceptors (Lipinski definition) is 3. The molecule has 0 aliphatic rings. The Balaban J connectivity index is 3.10. The first kappa shape index (κ1) is 8.96. The van der Waals surface area contributed by atoms with Crippen LogP contribution in [0.3, 0.4) is 0 Å². The average Bonchev–Trinajstić information content (AvgIpc) is 2.03. The van der Waals surface area contributed by atoms with Crippen LogP contribution in [0.25, 0.3) is 0 Å². The summed E-state index contributed by atoms with van der Waals surface area (Å²) in [4.78, 5) is 14.1. The molecule has 1 aromatic rings. The lowest BCUT2D eigenvalue weighted by Crippen LogP contribution is -2.22. The van der Waals surface area contributed by atoms with Crippen LogP contribution in [0.1, 0.15) is 17.3 Å². The van der Waals surface area contributed by atoms with Gasteiger partial charge in [-0.1, -0.05) is 0 Å². The molecule has 1 aromatic heterocycles. The highest BCUT2D eigenvalue weighted by Crippen LogP contribution is 2.01. The maximum absolute atomic E-state index is 11.2. The van der Waals surface area contributed by atoms with E-state index in [9.17, 15) is 4.79 Å². The summed E-state index contributed by atoms with van der Waals surface area (Å²) in [6, 6.07) is 0.875. The zero-order valence-electron chi connectivity index (χ0n) is 6.87. The number of aliphatic hydroxyl groups excluding tert-OH is 1. The van der Waals surface area contributed by atoms with E-state index in [1.54, 1.807) is 13.1 Å². The highest BCUT2D eigenvalue weighted by molar-refractivity contribution is 5.17. The Morgan fingerprint density at radius 3 is 2.92 bits per heavy atom. The fourth-order valence-electron chi connectivity index (χ4n) is 0.972. The molecule has 0 saturated heterocycles. The molecule has 0 fully saturated rings. The van der Waals surface area contributed by atoms with Crippen molar-refractivity contribution in [3.8, 4) is 0 Å². The van der Waals surface area contributed by atoms with Gasteiger partial charge in [0.25, 0.3) is 0 Å². The van der Waals surface area contributed by atoms with E-state index in [2.05, 4.69) is 4.98 Å². The standard InChI is InChI=1S/C8H12N2O2/c1-5-2-8(12)6(3-10-5)7(9)4-11/h2-3,7,11H,4,9H2,1H3,(H,10,12)/t7-/m1/s1. The van der Waals surface area contributed by atoms with Gasteiger partial charge < -0.3 is 15.8 Å². The normalized spacial score (nSPS) is 12.9. The molecule has 0 unspecified atom stereocenters. The first-order valence-corrected chi connectivity index (χ1v) is 3.71. The number of rotatable bonds is 2. The van der Waals surface area contributed by atoms with Crippen LogP contribution >= 0.6 is 0 Å². The summed E-state index contributed by atoms with van der Waals surface area (Å²) in [6.07, 6.45) is 1.54.